The molecule has 2 saturated heterocycles. The number of hydrogen-bond acceptors (Lipinski definition) is 6. The second-order valence-electron chi connectivity index (χ2n) is 3.82. The number of halogens is 3. The van der Waals surface area contributed by atoms with E-state index in [1.54, 1.807) is 0 Å². The summed E-state index contributed by atoms with van der Waals surface area (Å²) < 4.78 is 14.1. The lowest BCUT2D eigenvalue weighted by Crippen LogP contribution is -2.36. The van der Waals surface area contributed by atoms with Crippen LogP contribution in [0.4, 0.5) is 0 Å². The third-order valence-electron chi connectivity index (χ3n) is 2.43. The van der Waals surface area contributed by atoms with Gasteiger partial charge in [-0.1, -0.05) is 34.8 Å². The van der Waals surface area contributed by atoms with Crippen LogP contribution in [0.15, 0.2) is 5.10 Å². The van der Waals surface area contributed by atoms with Gasteiger partial charge in [0.15, 0.2) is 11.4 Å². The molecule has 0 unspecified atom stereocenters. The van der Waals surface area contributed by atoms with Crippen LogP contribution < -0.4 is 11.2 Å². The van der Waals surface area contributed by atoms with E-state index in [9.17, 15) is 5.11 Å². The first-order valence-electron chi connectivity index (χ1n) is 5.09. The molecule has 0 aliphatic carbocycles. The Hall–Kier alpha value is 0.0700. The number of hydrazone groups is 1. The molecule has 11 heteroatoms. The third-order valence-corrected chi connectivity index (χ3v) is 3.06. The first kappa shape index (κ1) is 15.5. The lowest BCUT2D eigenvalue weighted by molar-refractivity contribution is -0.152. The standard InChI is InChI=1S/C8H10Cl3N3O4S/c9-8(10,11)6-17-4-3(15)2(16-5(4)18-6)1-13-14-7(12)19/h1-6,15H,(H3,12,14,19)/b13-1+/t2-,3+,4-,5+,6-/m1/s1. The van der Waals surface area contributed by atoms with E-state index in [0.717, 1.165) is 0 Å². The number of thiocarbonyl (C=S) groups is 1. The Morgan fingerprint density at radius 1 is 1.37 bits per heavy atom. The number of aliphatic hydroxyl groups is 1. The van der Waals surface area contributed by atoms with Gasteiger partial charge in [0.1, 0.15) is 18.3 Å². The molecule has 0 amide bonds. The summed E-state index contributed by atoms with van der Waals surface area (Å²) in [5, 5.41) is 13.6. The van der Waals surface area contributed by atoms with Crippen LogP contribution in [-0.2, 0) is 14.2 Å². The molecule has 0 aromatic rings. The molecule has 0 aromatic carbocycles. The van der Waals surface area contributed by atoms with Gasteiger partial charge in [0.2, 0.25) is 10.1 Å². The number of nitrogens with one attached hydrogen (secondary N) is 1. The van der Waals surface area contributed by atoms with Crippen LogP contribution >= 0.6 is 47.0 Å². The van der Waals surface area contributed by atoms with Gasteiger partial charge in [-0.2, -0.15) is 5.10 Å². The number of hydrogen-bond donors (Lipinski definition) is 3. The van der Waals surface area contributed by atoms with Crippen molar-refractivity contribution in [1.29, 1.82) is 0 Å². The highest BCUT2D eigenvalue weighted by Gasteiger charge is 2.55. The predicted octanol–water partition coefficient (Wildman–Crippen LogP) is 0.00290. The lowest BCUT2D eigenvalue weighted by atomic mass is 10.1. The second kappa shape index (κ2) is 5.82. The van der Waals surface area contributed by atoms with Gasteiger partial charge in [-0.25, -0.2) is 0 Å². The van der Waals surface area contributed by atoms with Crippen molar-refractivity contribution in [1.82, 2.24) is 5.43 Å². The van der Waals surface area contributed by atoms with Crippen LogP contribution in [0.5, 0.6) is 0 Å². The number of aliphatic hydroxyl groups excluding tert-OH is 1. The van der Waals surface area contributed by atoms with Crippen molar-refractivity contribution >= 4 is 58.3 Å². The van der Waals surface area contributed by atoms with Gasteiger partial charge in [0.25, 0.3) is 0 Å². The van der Waals surface area contributed by atoms with Gasteiger partial charge in [-0.05, 0) is 12.2 Å². The van der Waals surface area contributed by atoms with Crippen molar-refractivity contribution in [3.8, 4) is 0 Å². The Morgan fingerprint density at radius 3 is 2.58 bits per heavy atom. The third kappa shape index (κ3) is 3.59. The topological polar surface area (TPSA) is 98.3 Å². The average Bonchev–Trinajstić information content (AvgIpc) is 2.79. The molecule has 0 spiro atoms. The summed E-state index contributed by atoms with van der Waals surface area (Å²) in [6.07, 6.45) is -3.17. The summed E-state index contributed by atoms with van der Waals surface area (Å²) in [6.45, 7) is 0. The molecular formula is C8H10Cl3N3O4S. The second-order valence-corrected chi connectivity index (χ2v) is 6.63. The summed E-state index contributed by atoms with van der Waals surface area (Å²) in [4.78, 5) is 0. The van der Waals surface area contributed by atoms with Crippen molar-refractivity contribution in [2.45, 2.75) is 34.7 Å². The van der Waals surface area contributed by atoms with Crippen molar-refractivity contribution in [3.05, 3.63) is 0 Å². The maximum absolute atomic E-state index is 9.97. The minimum Gasteiger partial charge on any atom is -0.387 e. The molecule has 2 aliphatic rings. The normalized spacial score (nSPS) is 38.6. The molecule has 2 fully saturated rings. The van der Waals surface area contributed by atoms with E-state index >= 15 is 0 Å². The summed E-state index contributed by atoms with van der Waals surface area (Å²) in [5.41, 5.74) is 7.51. The first-order chi connectivity index (χ1) is 8.79. The van der Waals surface area contributed by atoms with E-state index in [1.165, 1.54) is 6.21 Å². The molecular weight excluding hydrogens is 341 g/mol. The van der Waals surface area contributed by atoms with Gasteiger partial charge >= 0.3 is 0 Å². The predicted molar refractivity (Wildman–Crippen MR) is 73.1 cm³/mol. The highest BCUT2D eigenvalue weighted by Crippen LogP contribution is 2.41. The zero-order valence-electron chi connectivity index (χ0n) is 9.20. The zero-order valence-corrected chi connectivity index (χ0v) is 12.3. The highest BCUT2D eigenvalue weighted by molar-refractivity contribution is 7.80. The first-order valence-corrected chi connectivity index (χ1v) is 6.63. The molecule has 19 heavy (non-hydrogen) atoms. The van der Waals surface area contributed by atoms with Crippen molar-refractivity contribution in [2.24, 2.45) is 10.8 Å². The Morgan fingerprint density at radius 2 is 2.05 bits per heavy atom. The number of nitrogens with two attached hydrogens (primary N) is 1. The van der Waals surface area contributed by atoms with E-state index in [1.807, 2.05) is 0 Å². The van der Waals surface area contributed by atoms with Gasteiger partial charge in [-0.3, -0.25) is 5.43 Å². The monoisotopic (exact) mass is 349 g/mol. The highest BCUT2D eigenvalue weighted by atomic mass is 35.6. The van der Waals surface area contributed by atoms with Gasteiger partial charge < -0.3 is 25.1 Å². The Balaban J connectivity index is 1.93. The van der Waals surface area contributed by atoms with Gasteiger partial charge in [0.05, 0.1) is 6.21 Å². The maximum Gasteiger partial charge on any atom is 0.241 e. The minimum atomic E-state index is -1.76. The van der Waals surface area contributed by atoms with Crippen molar-refractivity contribution < 1.29 is 19.3 Å². The fourth-order valence-electron chi connectivity index (χ4n) is 1.66. The number of rotatable bonds is 2. The number of alkyl halides is 3. The van der Waals surface area contributed by atoms with Crippen LogP contribution in [0.25, 0.3) is 0 Å². The molecule has 4 N–H and O–H groups in total. The maximum atomic E-state index is 9.97. The fraction of sp³-hybridized carbons (Fsp3) is 0.750. The SMILES string of the molecule is NC(=S)N/N=C/[C@H]1O[C@H]2O[C@H](C(Cl)(Cl)Cl)O[C@@H]2[C@H]1O. The largest absolute Gasteiger partial charge is 0.387 e. The van der Waals surface area contributed by atoms with E-state index in [-0.39, 0.29) is 5.11 Å². The Kier molecular flexibility index (Phi) is 4.74. The molecule has 2 rings (SSSR count). The van der Waals surface area contributed by atoms with E-state index in [2.05, 4.69) is 22.7 Å². The van der Waals surface area contributed by atoms with E-state index in [4.69, 9.17) is 54.7 Å². The summed E-state index contributed by atoms with van der Waals surface area (Å²) >= 11 is 21.5. The minimum absolute atomic E-state index is 0.00676. The number of nitrogens with zero attached hydrogens (tertiary/aromatic N) is 1. The molecule has 0 radical (unpaired) electrons. The molecule has 2 heterocycles. The average molecular weight is 351 g/mol. The molecule has 5 atom stereocenters. The van der Waals surface area contributed by atoms with Crippen LogP contribution in [0, 0.1) is 0 Å². The molecule has 0 bridgehead atoms. The van der Waals surface area contributed by atoms with Crippen LogP contribution in [0.2, 0.25) is 0 Å². The van der Waals surface area contributed by atoms with Crippen molar-refractivity contribution in [3.63, 3.8) is 0 Å². The van der Waals surface area contributed by atoms with Crippen LogP contribution in [0.1, 0.15) is 0 Å². The lowest BCUT2D eigenvalue weighted by Gasteiger charge is -2.21. The molecule has 7 nitrogen and oxygen atoms in total. The van der Waals surface area contributed by atoms with Gasteiger partial charge in [-0.15, -0.1) is 0 Å². The quantitative estimate of drug-likeness (QED) is 0.279. The van der Waals surface area contributed by atoms with Crippen LogP contribution in [0.3, 0.4) is 0 Å². The molecule has 2 aliphatic heterocycles. The van der Waals surface area contributed by atoms with Crippen molar-refractivity contribution in [2.75, 3.05) is 0 Å². The van der Waals surface area contributed by atoms with E-state index in [0.29, 0.717) is 0 Å². The Labute approximate surface area is 128 Å². The Bertz CT molecular complexity index is 394. The molecule has 108 valence electrons. The smallest absolute Gasteiger partial charge is 0.241 e. The summed E-state index contributed by atoms with van der Waals surface area (Å²) in [7, 11) is 0. The molecule has 0 saturated carbocycles. The van der Waals surface area contributed by atoms with Crippen LogP contribution in [-0.4, -0.2) is 51.1 Å². The fourth-order valence-corrected chi connectivity index (χ4v) is 2.02. The van der Waals surface area contributed by atoms with E-state index < -0.39 is 34.7 Å². The zero-order chi connectivity index (χ0) is 14.2. The summed E-state index contributed by atoms with van der Waals surface area (Å²) in [6, 6.07) is 0. The number of ether oxygens (including phenoxy) is 3. The number of fused-ring (bicyclic) bond motifs is 1. The van der Waals surface area contributed by atoms with Gasteiger partial charge in [0, 0.05) is 0 Å². The molecule has 0 aromatic heterocycles. The summed E-state index contributed by atoms with van der Waals surface area (Å²) in [5.74, 6) is 0.